The summed E-state index contributed by atoms with van der Waals surface area (Å²) in [5, 5.41) is 24.6. The summed E-state index contributed by atoms with van der Waals surface area (Å²) in [4.78, 5) is 42.2. The first-order chi connectivity index (χ1) is 17.0. The van der Waals surface area contributed by atoms with Gasteiger partial charge in [0.1, 0.15) is 5.69 Å². The van der Waals surface area contributed by atoms with Crippen LogP contribution in [0.25, 0.3) is 22.3 Å². The minimum absolute atomic E-state index is 0.0311. The number of thiophene rings is 1. The summed E-state index contributed by atoms with van der Waals surface area (Å²) in [5.41, 5.74) is 1.54. The molecule has 6 rings (SSSR count). The number of aromatic amines is 2. The number of aromatic nitrogens is 5. The minimum Gasteiger partial charge on any atom is -0.493 e. The molecule has 180 valence electrons. The fourth-order valence-electron chi connectivity index (χ4n) is 4.35. The summed E-state index contributed by atoms with van der Waals surface area (Å²) in [7, 11) is 0. The van der Waals surface area contributed by atoms with Crippen molar-refractivity contribution in [2.75, 3.05) is 13.2 Å². The van der Waals surface area contributed by atoms with Crippen LogP contribution in [0.15, 0.2) is 34.2 Å². The lowest BCUT2D eigenvalue weighted by Crippen LogP contribution is -2.37. The molecule has 4 N–H and O–H groups in total. The van der Waals surface area contributed by atoms with E-state index in [0.29, 0.717) is 33.5 Å². The van der Waals surface area contributed by atoms with Crippen molar-refractivity contribution >= 4 is 29.0 Å². The molecule has 0 spiro atoms. The van der Waals surface area contributed by atoms with Gasteiger partial charge >= 0.3 is 5.69 Å². The van der Waals surface area contributed by atoms with Crippen LogP contribution in [-0.2, 0) is 0 Å². The van der Waals surface area contributed by atoms with Crippen LogP contribution in [0.1, 0.15) is 41.0 Å². The maximum Gasteiger partial charge on any atom is 0.326 e. The van der Waals surface area contributed by atoms with Gasteiger partial charge in [-0.25, -0.2) is 9.78 Å². The van der Waals surface area contributed by atoms with E-state index in [1.54, 1.807) is 27.8 Å². The number of nitrogens with zero attached hydrogens (tertiary/aromatic N) is 5. The first-order valence-electron chi connectivity index (χ1n) is 11.5. The van der Waals surface area contributed by atoms with E-state index in [4.69, 9.17) is 9.98 Å². The average Bonchev–Trinajstić information content (AvgIpc) is 3.24. The van der Waals surface area contributed by atoms with E-state index in [9.17, 15) is 19.8 Å². The lowest BCUT2D eigenvalue weighted by atomic mass is 10.2. The Morgan fingerprint density at radius 3 is 2.89 bits per heavy atom. The summed E-state index contributed by atoms with van der Waals surface area (Å²) in [6, 6.07) is 5.65. The summed E-state index contributed by atoms with van der Waals surface area (Å²) in [5.74, 6) is -0.343. The quantitative estimate of drug-likeness (QED) is 0.316. The van der Waals surface area contributed by atoms with Crippen molar-refractivity contribution in [2.45, 2.75) is 37.8 Å². The molecule has 1 atom stereocenters. The molecule has 12 heteroatoms. The zero-order valence-electron chi connectivity index (χ0n) is 18.6. The van der Waals surface area contributed by atoms with Gasteiger partial charge in [0, 0.05) is 17.8 Å². The summed E-state index contributed by atoms with van der Waals surface area (Å²) >= 11 is 1.35. The van der Waals surface area contributed by atoms with Gasteiger partial charge in [-0.3, -0.25) is 14.8 Å². The van der Waals surface area contributed by atoms with E-state index in [2.05, 4.69) is 15.1 Å². The Balaban J connectivity index is 1.45. The molecule has 0 aromatic carbocycles. The van der Waals surface area contributed by atoms with Gasteiger partial charge in [-0.15, -0.1) is 11.3 Å². The Labute approximate surface area is 202 Å². The number of aliphatic hydroxyl groups excluding tert-OH is 1. The van der Waals surface area contributed by atoms with Gasteiger partial charge < -0.3 is 20.1 Å². The topological polar surface area (TPSA) is 152 Å². The van der Waals surface area contributed by atoms with E-state index in [1.165, 1.54) is 11.3 Å². The van der Waals surface area contributed by atoms with Crippen molar-refractivity contribution in [2.24, 2.45) is 4.99 Å². The third kappa shape index (κ3) is 4.04. The Morgan fingerprint density at radius 1 is 1.29 bits per heavy atom. The van der Waals surface area contributed by atoms with Gasteiger partial charge in [-0.2, -0.15) is 9.61 Å². The Kier molecular flexibility index (Phi) is 5.26. The van der Waals surface area contributed by atoms with Gasteiger partial charge in [0.25, 0.3) is 5.91 Å². The Morgan fingerprint density at radius 2 is 2.14 bits per heavy atom. The van der Waals surface area contributed by atoms with Crippen LogP contribution in [0.2, 0.25) is 0 Å². The molecule has 0 bridgehead atoms. The van der Waals surface area contributed by atoms with Crippen LogP contribution >= 0.6 is 11.3 Å². The van der Waals surface area contributed by atoms with Gasteiger partial charge in [0.05, 0.1) is 40.3 Å². The number of imidazole rings is 1. The van der Waals surface area contributed by atoms with Crippen LogP contribution in [-0.4, -0.2) is 70.8 Å². The first-order valence-corrected chi connectivity index (χ1v) is 12.3. The number of aliphatic hydroxyl groups is 1. The third-order valence-electron chi connectivity index (χ3n) is 6.30. The SMILES string of the molecule is O=C(c1ccc(-c2cc(=NC3CC3)n3ncc(=Cc4[nH]c(=O)[nH]c4O)c3n2)s1)N1CCC[C@H]1CO. The van der Waals surface area contributed by atoms with Crippen molar-refractivity contribution in [3.8, 4) is 16.5 Å². The molecule has 1 saturated heterocycles. The standard InChI is InChI=1S/C23H23N7O4S/c31-11-14-2-1-7-29(14)22(33)18-6-5-17(35-18)15-9-19(25-13-3-4-13)30-20(26-15)12(10-24-30)8-16-21(32)28-23(34)27-16/h5-6,8-10,13-14,31-32H,1-4,7,11H2,(H2,27,28,34)/t14-/m0/s1. The number of likely N-dealkylation sites (tertiary alicyclic amines) is 1. The van der Waals surface area contributed by atoms with Crippen LogP contribution in [0, 0.1) is 0 Å². The van der Waals surface area contributed by atoms with Gasteiger partial charge in [0.15, 0.2) is 11.1 Å². The zero-order valence-corrected chi connectivity index (χ0v) is 19.5. The molecule has 11 nitrogen and oxygen atoms in total. The monoisotopic (exact) mass is 493 g/mol. The molecule has 1 aliphatic heterocycles. The van der Waals surface area contributed by atoms with E-state index < -0.39 is 5.69 Å². The fraction of sp³-hybridized carbons (Fsp3) is 0.348. The molecular formula is C23H23N7O4S. The predicted molar refractivity (Wildman–Crippen MR) is 128 cm³/mol. The Bertz CT molecular complexity index is 1610. The van der Waals surface area contributed by atoms with E-state index in [0.717, 1.165) is 30.6 Å². The van der Waals surface area contributed by atoms with Crippen molar-refractivity contribution < 1.29 is 15.0 Å². The van der Waals surface area contributed by atoms with Crippen LogP contribution in [0.4, 0.5) is 0 Å². The molecule has 5 heterocycles. The number of fused-ring (bicyclic) bond motifs is 1. The van der Waals surface area contributed by atoms with E-state index in [1.807, 2.05) is 12.1 Å². The number of H-pyrrole nitrogens is 2. The van der Waals surface area contributed by atoms with Gasteiger partial charge in [-0.05, 0) is 43.9 Å². The highest BCUT2D eigenvalue weighted by molar-refractivity contribution is 7.17. The van der Waals surface area contributed by atoms with Crippen molar-refractivity contribution in [1.82, 2.24) is 29.5 Å². The van der Waals surface area contributed by atoms with E-state index >= 15 is 0 Å². The number of carbonyl (C=O) groups excluding carboxylic acids is 1. The second-order valence-corrected chi connectivity index (χ2v) is 9.91. The molecule has 1 saturated carbocycles. The number of nitrogens with one attached hydrogen (secondary N) is 2. The van der Waals surface area contributed by atoms with Crippen LogP contribution < -0.4 is 16.4 Å². The number of aromatic hydroxyl groups is 1. The number of hydrogen-bond acceptors (Lipinski definition) is 8. The molecule has 0 radical (unpaired) electrons. The van der Waals surface area contributed by atoms with Crippen molar-refractivity contribution in [3.05, 3.63) is 56.2 Å². The molecule has 4 aromatic rings. The van der Waals surface area contributed by atoms with Crippen molar-refractivity contribution in [3.63, 3.8) is 0 Å². The van der Waals surface area contributed by atoms with Gasteiger partial charge in [0.2, 0.25) is 5.88 Å². The second kappa shape index (κ2) is 8.47. The maximum atomic E-state index is 13.1. The average molecular weight is 494 g/mol. The lowest BCUT2D eigenvalue weighted by molar-refractivity contribution is 0.0682. The number of rotatable bonds is 5. The van der Waals surface area contributed by atoms with Crippen molar-refractivity contribution in [1.29, 1.82) is 0 Å². The highest BCUT2D eigenvalue weighted by Crippen LogP contribution is 2.29. The fourth-order valence-corrected chi connectivity index (χ4v) is 5.27. The summed E-state index contributed by atoms with van der Waals surface area (Å²) in [6.45, 7) is 0.617. The number of carbonyl (C=O) groups is 1. The third-order valence-corrected chi connectivity index (χ3v) is 7.39. The predicted octanol–water partition coefficient (Wildman–Crippen LogP) is 0.387. The molecule has 2 aliphatic rings. The molecule has 4 aromatic heterocycles. The first kappa shape index (κ1) is 21.7. The highest BCUT2D eigenvalue weighted by Gasteiger charge is 2.29. The number of amides is 1. The number of hydrogen-bond donors (Lipinski definition) is 4. The Hall–Kier alpha value is -3.77. The summed E-state index contributed by atoms with van der Waals surface area (Å²) < 4.78 is 1.64. The van der Waals surface area contributed by atoms with Gasteiger partial charge in [-0.1, -0.05) is 0 Å². The zero-order chi connectivity index (χ0) is 24.1. The van der Waals surface area contributed by atoms with Crippen LogP contribution in [0.5, 0.6) is 5.88 Å². The molecule has 0 unspecified atom stereocenters. The second-order valence-electron chi connectivity index (χ2n) is 8.82. The largest absolute Gasteiger partial charge is 0.493 e. The maximum absolute atomic E-state index is 13.1. The van der Waals surface area contributed by atoms with E-state index in [-0.39, 0.29) is 36.2 Å². The summed E-state index contributed by atoms with van der Waals surface area (Å²) in [6.07, 6.45) is 6.96. The molecule has 1 amide bonds. The minimum atomic E-state index is -0.513. The highest BCUT2D eigenvalue weighted by atomic mass is 32.1. The lowest BCUT2D eigenvalue weighted by Gasteiger charge is -2.22. The molecular weight excluding hydrogens is 470 g/mol. The molecule has 1 aliphatic carbocycles. The molecule has 35 heavy (non-hydrogen) atoms. The van der Waals surface area contributed by atoms with Crippen LogP contribution in [0.3, 0.4) is 0 Å². The smallest absolute Gasteiger partial charge is 0.326 e. The molecule has 2 fully saturated rings. The normalized spacial score (nSPS) is 19.3.